The van der Waals surface area contributed by atoms with E-state index >= 15 is 0 Å². The largest absolute Gasteiger partial charge is 0.376 e. The number of nitrogens with zero attached hydrogens (tertiary/aromatic N) is 1. The summed E-state index contributed by atoms with van der Waals surface area (Å²) in [5, 5.41) is 3.14. The van der Waals surface area contributed by atoms with Crippen molar-refractivity contribution in [3.63, 3.8) is 0 Å². The number of hydrogen-bond donors (Lipinski definition) is 1. The van der Waals surface area contributed by atoms with Gasteiger partial charge < -0.3 is 10.2 Å². The van der Waals surface area contributed by atoms with Crippen LogP contribution >= 0.6 is 28.1 Å². The van der Waals surface area contributed by atoms with E-state index in [1.807, 2.05) is 0 Å². The number of hydrogen-bond acceptors (Lipinski definition) is 2. The van der Waals surface area contributed by atoms with Gasteiger partial charge in [0.2, 0.25) is 0 Å². The maximum absolute atomic E-state index is 13.7. The topological polar surface area (TPSA) is 15.3 Å². The number of likely N-dealkylation sites (tertiary alicyclic amines) is 1. The first-order valence-corrected chi connectivity index (χ1v) is 8.32. The van der Waals surface area contributed by atoms with Gasteiger partial charge in [-0.2, -0.15) is 0 Å². The van der Waals surface area contributed by atoms with Gasteiger partial charge in [0, 0.05) is 16.6 Å². The molecule has 1 aromatic carbocycles. The molecule has 2 nitrogen and oxygen atoms in total. The Hall–Kier alpha value is -0.520. The molecule has 1 heterocycles. The quantitative estimate of drug-likeness (QED) is 0.616. The highest BCUT2D eigenvalue weighted by Gasteiger charge is 2.10. The standard InChI is InChI=1S/C15H20BrFN2S/c16-12-5-6-13(14(17)11-12)15(20)18-7-1-2-8-19-9-3-4-10-19/h5-6,11H,1-4,7-10H2,(H,18,20). The summed E-state index contributed by atoms with van der Waals surface area (Å²) in [5.41, 5.74) is 0.475. The highest BCUT2D eigenvalue weighted by Crippen LogP contribution is 2.15. The Bertz CT molecular complexity index is 461. The molecule has 0 atom stereocenters. The normalized spacial score (nSPS) is 15.5. The Labute approximate surface area is 133 Å². The van der Waals surface area contributed by atoms with Crippen LogP contribution in [-0.4, -0.2) is 36.1 Å². The molecule has 0 bridgehead atoms. The molecule has 1 fully saturated rings. The van der Waals surface area contributed by atoms with E-state index in [1.165, 1.54) is 45.0 Å². The number of thiocarbonyl (C=S) groups is 1. The molecular formula is C15H20BrFN2S. The highest BCUT2D eigenvalue weighted by molar-refractivity contribution is 9.10. The van der Waals surface area contributed by atoms with E-state index in [1.54, 1.807) is 12.1 Å². The van der Waals surface area contributed by atoms with Crippen molar-refractivity contribution in [2.75, 3.05) is 26.2 Å². The molecule has 0 spiro atoms. The third kappa shape index (κ3) is 4.79. The molecule has 0 aliphatic carbocycles. The van der Waals surface area contributed by atoms with Gasteiger partial charge in [-0.15, -0.1) is 0 Å². The average molecular weight is 359 g/mol. The molecule has 0 aromatic heterocycles. The summed E-state index contributed by atoms with van der Waals surface area (Å²) in [5.74, 6) is -0.283. The third-order valence-corrected chi connectivity index (χ3v) is 4.42. The van der Waals surface area contributed by atoms with Gasteiger partial charge >= 0.3 is 0 Å². The fourth-order valence-corrected chi connectivity index (χ4v) is 3.04. The number of nitrogens with one attached hydrogen (secondary N) is 1. The molecule has 0 unspecified atom stereocenters. The smallest absolute Gasteiger partial charge is 0.134 e. The van der Waals surface area contributed by atoms with Crippen LogP contribution in [0, 0.1) is 5.82 Å². The molecule has 0 amide bonds. The number of halogens is 2. The molecule has 2 rings (SSSR count). The van der Waals surface area contributed by atoms with Crippen molar-refractivity contribution >= 4 is 33.1 Å². The van der Waals surface area contributed by atoms with Crippen LogP contribution in [0.4, 0.5) is 4.39 Å². The summed E-state index contributed by atoms with van der Waals surface area (Å²) in [7, 11) is 0. The van der Waals surface area contributed by atoms with E-state index in [0.717, 1.165) is 17.4 Å². The van der Waals surface area contributed by atoms with Crippen LogP contribution in [0.15, 0.2) is 22.7 Å². The Morgan fingerprint density at radius 3 is 2.75 bits per heavy atom. The van der Waals surface area contributed by atoms with Crippen molar-refractivity contribution in [2.45, 2.75) is 25.7 Å². The van der Waals surface area contributed by atoms with Crippen molar-refractivity contribution in [3.05, 3.63) is 34.1 Å². The second kappa shape index (κ2) is 8.05. The zero-order chi connectivity index (χ0) is 14.4. The van der Waals surface area contributed by atoms with Gasteiger partial charge in [0.1, 0.15) is 10.8 Å². The van der Waals surface area contributed by atoms with Crippen molar-refractivity contribution in [3.8, 4) is 0 Å². The van der Waals surface area contributed by atoms with E-state index in [9.17, 15) is 4.39 Å². The van der Waals surface area contributed by atoms with E-state index in [2.05, 4.69) is 26.1 Å². The van der Waals surface area contributed by atoms with Gasteiger partial charge in [-0.05, 0) is 63.5 Å². The van der Waals surface area contributed by atoms with Gasteiger partial charge in [-0.25, -0.2) is 4.39 Å². The lowest BCUT2D eigenvalue weighted by Crippen LogP contribution is -2.26. The molecule has 1 N–H and O–H groups in total. The van der Waals surface area contributed by atoms with Crippen LogP contribution in [0.1, 0.15) is 31.2 Å². The van der Waals surface area contributed by atoms with Crippen LogP contribution in [0.2, 0.25) is 0 Å². The number of benzene rings is 1. The summed E-state index contributed by atoms with van der Waals surface area (Å²) >= 11 is 8.47. The van der Waals surface area contributed by atoms with Crippen molar-refractivity contribution in [2.24, 2.45) is 0 Å². The van der Waals surface area contributed by atoms with Crippen molar-refractivity contribution in [1.82, 2.24) is 10.2 Å². The molecule has 1 aromatic rings. The average Bonchev–Trinajstić information content (AvgIpc) is 2.91. The number of unbranched alkanes of at least 4 members (excludes halogenated alkanes) is 1. The maximum atomic E-state index is 13.7. The first-order chi connectivity index (χ1) is 9.66. The van der Waals surface area contributed by atoms with Crippen LogP contribution < -0.4 is 5.32 Å². The SMILES string of the molecule is Fc1cc(Br)ccc1C(=S)NCCCCN1CCCC1. The number of rotatable bonds is 6. The van der Waals surface area contributed by atoms with Gasteiger partial charge in [-0.1, -0.05) is 28.1 Å². The van der Waals surface area contributed by atoms with Crippen molar-refractivity contribution < 1.29 is 4.39 Å². The molecular weight excluding hydrogens is 339 g/mol. The predicted molar refractivity (Wildman–Crippen MR) is 88.7 cm³/mol. The van der Waals surface area contributed by atoms with E-state index in [0.29, 0.717) is 10.6 Å². The minimum absolute atomic E-state index is 0.283. The maximum Gasteiger partial charge on any atom is 0.134 e. The Kier molecular flexibility index (Phi) is 6.39. The minimum Gasteiger partial charge on any atom is -0.376 e. The second-order valence-electron chi connectivity index (χ2n) is 5.14. The van der Waals surface area contributed by atoms with Gasteiger partial charge in [0.05, 0.1) is 0 Å². The van der Waals surface area contributed by atoms with Gasteiger partial charge in [0.25, 0.3) is 0 Å². The van der Waals surface area contributed by atoms with Gasteiger partial charge in [-0.3, -0.25) is 0 Å². The Morgan fingerprint density at radius 2 is 2.05 bits per heavy atom. The molecule has 0 saturated carbocycles. The summed E-state index contributed by atoms with van der Waals surface area (Å²) in [4.78, 5) is 3.00. The first kappa shape index (κ1) is 15.9. The van der Waals surface area contributed by atoms with Gasteiger partial charge in [0.15, 0.2) is 0 Å². The minimum atomic E-state index is -0.283. The molecule has 1 aliphatic rings. The lowest BCUT2D eigenvalue weighted by atomic mass is 10.2. The highest BCUT2D eigenvalue weighted by atomic mass is 79.9. The lowest BCUT2D eigenvalue weighted by Gasteiger charge is -2.14. The van der Waals surface area contributed by atoms with E-state index in [-0.39, 0.29) is 5.82 Å². The Balaban J connectivity index is 1.66. The predicted octanol–water partition coefficient (Wildman–Crippen LogP) is 3.73. The van der Waals surface area contributed by atoms with Crippen LogP contribution in [0.25, 0.3) is 0 Å². The van der Waals surface area contributed by atoms with E-state index in [4.69, 9.17) is 12.2 Å². The molecule has 1 aliphatic heterocycles. The molecule has 1 saturated heterocycles. The Morgan fingerprint density at radius 1 is 1.30 bits per heavy atom. The summed E-state index contributed by atoms with van der Waals surface area (Å²) in [6.07, 6.45) is 4.91. The lowest BCUT2D eigenvalue weighted by molar-refractivity contribution is 0.330. The fraction of sp³-hybridized carbons (Fsp3) is 0.533. The molecule has 0 radical (unpaired) electrons. The fourth-order valence-electron chi connectivity index (χ4n) is 2.44. The monoisotopic (exact) mass is 358 g/mol. The summed E-state index contributed by atoms with van der Waals surface area (Å²) in [6, 6.07) is 4.95. The van der Waals surface area contributed by atoms with Crippen LogP contribution in [0.5, 0.6) is 0 Å². The van der Waals surface area contributed by atoms with E-state index < -0.39 is 0 Å². The first-order valence-electron chi connectivity index (χ1n) is 7.12. The molecule has 5 heteroatoms. The molecule has 110 valence electrons. The molecule has 20 heavy (non-hydrogen) atoms. The summed E-state index contributed by atoms with van der Waals surface area (Å²) < 4.78 is 14.4. The third-order valence-electron chi connectivity index (χ3n) is 3.56. The zero-order valence-electron chi connectivity index (χ0n) is 11.5. The second-order valence-corrected chi connectivity index (χ2v) is 6.46. The van der Waals surface area contributed by atoms with Crippen molar-refractivity contribution in [1.29, 1.82) is 0 Å². The van der Waals surface area contributed by atoms with Crippen LogP contribution in [0.3, 0.4) is 0 Å². The van der Waals surface area contributed by atoms with Crippen LogP contribution in [-0.2, 0) is 0 Å². The summed E-state index contributed by atoms with van der Waals surface area (Å²) in [6.45, 7) is 4.47. The zero-order valence-corrected chi connectivity index (χ0v) is 13.9.